The number of carboxylic acids is 1. The van der Waals surface area contributed by atoms with Gasteiger partial charge in [0.1, 0.15) is 11.8 Å². The average molecular weight is 292 g/mol. The number of ether oxygens (including phenoxy) is 2. The minimum atomic E-state index is -1.09. The van der Waals surface area contributed by atoms with Crippen molar-refractivity contribution in [2.45, 2.75) is 19.1 Å². The lowest BCUT2D eigenvalue weighted by Gasteiger charge is -2.20. The molecule has 1 aliphatic rings. The minimum Gasteiger partial charge on any atom is -0.477 e. The molecular formula is C13H16N4O4. The normalized spacial score (nSPS) is 21.8. The SMILES string of the molecule is CCO[C@@H]1COC[C@H]1Nc1nc(C(=O)O)cc2nccn12. The van der Waals surface area contributed by atoms with Crippen LogP contribution in [0.25, 0.3) is 5.65 Å². The van der Waals surface area contributed by atoms with Crippen molar-refractivity contribution in [3.05, 3.63) is 24.2 Å². The van der Waals surface area contributed by atoms with E-state index < -0.39 is 5.97 Å². The molecule has 21 heavy (non-hydrogen) atoms. The summed E-state index contributed by atoms with van der Waals surface area (Å²) < 4.78 is 12.7. The van der Waals surface area contributed by atoms with Crippen molar-refractivity contribution in [2.24, 2.45) is 0 Å². The van der Waals surface area contributed by atoms with Crippen molar-refractivity contribution in [2.75, 3.05) is 25.1 Å². The van der Waals surface area contributed by atoms with E-state index >= 15 is 0 Å². The first-order chi connectivity index (χ1) is 10.2. The number of aromatic carboxylic acids is 1. The molecule has 0 aromatic carbocycles. The molecule has 0 bridgehead atoms. The Morgan fingerprint density at radius 1 is 1.62 bits per heavy atom. The molecule has 3 rings (SSSR count). The van der Waals surface area contributed by atoms with Gasteiger partial charge in [-0.05, 0) is 6.92 Å². The molecule has 2 aromatic rings. The highest BCUT2D eigenvalue weighted by Crippen LogP contribution is 2.17. The lowest BCUT2D eigenvalue weighted by molar-refractivity contribution is 0.0477. The van der Waals surface area contributed by atoms with Gasteiger partial charge >= 0.3 is 5.97 Å². The first kappa shape index (κ1) is 13.8. The highest BCUT2D eigenvalue weighted by atomic mass is 16.5. The van der Waals surface area contributed by atoms with E-state index in [0.29, 0.717) is 31.4 Å². The molecule has 112 valence electrons. The number of nitrogens with zero attached hydrogens (tertiary/aromatic N) is 3. The molecule has 2 atom stereocenters. The predicted octanol–water partition coefficient (Wildman–Crippen LogP) is 0.643. The Morgan fingerprint density at radius 2 is 2.48 bits per heavy atom. The molecule has 1 saturated heterocycles. The maximum Gasteiger partial charge on any atom is 0.354 e. The molecule has 2 N–H and O–H groups in total. The van der Waals surface area contributed by atoms with E-state index in [1.165, 1.54) is 6.07 Å². The first-order valence-electron chi connectivity index (χ1n) is 6.72. The smallest absolute Gasteiger partial charge is 0.354 e. The molecule has 0 amide bonds. The van der Waals surface area contributed by atoms with Crippen LogP contribution in [0.15, 0.2) is 18.5 Å². The largest absolute Gasteiger partial charge is 0.477 e. The number of hydrogen-bond acceptors (Lipinski definition) is 6. The number of fused-ring (bicyclic) bond motifs is 1. The Hall–Kier alpha value is -2.19. The van der Waals surface area contributed by atoms with Gasteiger partial charge in [0.15, 0.2) is 5.69 Å². The summed E-state index contributed by atoms with van der Waals surface area (Å²) in [6.07, 6.45) is 3.24. The summed E-state index contributed by atoms with van der Waals surface area (Å²) in [5.74, 6) is -0.671. The maximum atomic E-state index is 11.1. The van der Waals surface area contributed by atoms with E-state index in [4.69, 9.17) is 14.6 Å². The molecule has 0 unspecified atom stereocenters. The van der Waals surface area contributed by atoms with Crippen molar-refractivity contribution in [1.29, 1.82) is 0 Å². The van der Waals surface area contributed by atoms with Gasteiger partial charge in [0.25, 0.3) is 0 Å². The maximum absolute atomic E-state index is 11.1. The number of aromatic nitrogens is 3. The molecule has 0 aliphatic carbocycles. The minimum absolute atomic E-state index is 0.0527. The van der Waals surface area contributed by atoms with Gasteiger partial charge in [-0.2, -0.15) is 0 Å². The van der Waals surface area contributed by atoms with Crippen LogP contribution < -0.4 is 5.32 Å². The van der Waals surface area contributed by atoms with Gasteiger partial charge in [0, 0.05) is 25.1 Å². The zero-order valence-corrected chi connectivity index (χ0v) is 11.5. The Balaban J connectivity index is 1.92. The predicted molar refractivity (Wildman–Crippen MR) is 73.6 cm³/mol. The second kappa shape index (κ2) is 5.66. The molecule has 0 spiro atoms. The summed E-state index contributed by atoms with van der Waals surface area (Å²) in [4.78, 5) is 19.4. The van der Waals surface area contributed by atoms with Crippen LogP contribution in [0.1, 0.15) is 17.4 Å². The van der Waals surface area contributed by atoms with Crippen LogP contribution in [0.4, 0.5) is 5.95 Å². The number of hydrogen-bond donors (Lipinski definition) is 2. The number of carbonyl (C=O) groups is 1. The molecule has 3 heterocycles. The second-order valence-electron chi connectivity index (χ2n) is 4.71. The van der Waals surface area contributed by atoms with Crippen LogP contribution in [0.3, 0.4) is 0 Å². The summed E-state index contributed by atoms with van der Waals surface area (Å²) in [6.45, 7) is 3.51. The summed E-state index contributed by atoms with van der Waals surface area (Å²) in [6, 6.07) is 1.35. The van der Waals surface area contributed by atoms with Gasteiger partial charge in [-0.1, -0.05) is 0 Å². The zero-order valence-electron chi connectivity index (χ0n) is 11.5. The van der Waals surface area contributed by atoms with Crippen molar-refractivity contribution in [3.8, 4) is 0 Å². The molecule has 0 radical (unpaired) electrons. The van der Waals surface area contributed by atoms with Crippen molar-refractivity contribution < 1.29 is 19.4 Å². The highest BCUT2D eigenvalue weighted by Gasteiger charge is 2.29. The van der Waals surface area contributed by atoms with Crippen molar-refractivity contribution in [3.63, 3.8) is 0 Å². The number of carboxylic acid groups (broad SMARTS) is 1. The lowest BCUT2D eigenvalue weighted by Crippen LogP contribution is -2.35. The molecule has 1 fully saturated rings. The Morgan fingerprint density at radius 3 is 3.24 bits per heavy atom. The zero-order chi connectivity index (χ0) is 14.8. The fraction of sp³-hybridized carbons (Fsp3) is 0.462. The quantitative estimate of drug-likeness (QED) is 0.834. The van der Waals surface area contributed by atoms with Crippen molar-refractivity contribution in [1.82, 2.24) is 14.4 Å². The average Bonchev–Trinajstić information content (AvgIpc) is 3.08. The second-order valence-corrected chi connectivity index (χ2v) is 4.71. The van der Waals surface area contributed by atoms with E-state index in [1.807, 2.05) is 6.92 Å². The topological polar surface area (TPSA) is 98.0 Å². The van der Waals surface area contributed by atoms with Crippen LogP contribution in [0.2, 0.25) is 0 Å². The molecule has 8 nitrogen and oxygen atoms in total. The third kappa shape index (κ3) is 2.67. The number of nitrogens with one attached hydrogen (secondary N) is 1. The Kier molecular flexibility index (Phi) is 3.72. The van der Waals surface area contributed by atoms with E-state index in [0.717, 1.165) is 0 Å². The van der Waals surface area contributed by atoms with Gasteiger partial charge in [-0.25, -0.2) is 14.8 Å². The number of imidazole rings is 1. The van der Waals surface area contributed by atoms with Gasteiger partial charge < -0.3 is 19.9 Å². The first-order valence-corrected chi connectivity index (χ1v) is 6.72. The highest BCUT2D eigenvalue weighted by molar-refractivity contribution is 5.87. The van der Waals surface area contributed by atoms with Crippen LogP contribution in [-0.2, 0) is 9.47 Å². The molecule has 0 saturated carbocycles. The third-order valence-electron chi connectivity index (χ3n) is 3.33. The van der Waals surface area contributed by atoms with Gasteiger partial charge in [-0.3, -0.25) is 4.40 Å². The Bertz CT molecular complexity index is 657. The van der Waals surface area contributed by atoms with Crippen LogP contribution in [0, 0.1) is 0 Å². The molecule has 1 aliphatic heterocycles. The number of anilines is 1. The summed E-state index contributed by atoms with van der Waals surface area (Å²) >= 11 is 0. The van der Waals surface area contributed by atoms with Gasteiger partial charge in [-0.15, -0.1) is 0 Å². The van der Waals surface area contributed by atoms with E-state index in [-0.39, 0.29) is 17.8 Å². The third-order valence-corrected chi connectivity index (χ3v) is 3.33. The molecule has 2 aromatic heterocycles. The standard InChI is InChI=1S/C13H16N4O4/c1-2-21-10-7-20-6-9(10)16-13-15-8(12(18)19)5-11-14-3-4-17(11)13/h3-5,9-10H,2,6-7H2,1H3,(H,15,16)(H,18,19)/t9-,10-/m1/s1. The summed E-state index contributed by atoms with van der Waals surface area (Å²) in [7, 11) is 0. The van der Waals surface area contributed by atoms with Crippen LogP contribution in [-0.4, -0.2) is 57.4 Å². The van der Waals surface area contributed by atoms with Crippen LogP contribution in [0.5, 0.6) is 0 Å². The fourth-order valence-corrected chi connectivity index (χ4v) is 2.35. The van der Waals surface area contributed by atoms with Crippen LogP contribution >= 0.6 is 0 Å². The summed E-state index contributed by atoms with van der Waals surface area (Å²) in [5, 5.41) is 12.3. The molecule has 8 heteroatoms. The van der Waals surface area contributed by atoms with E-state index in [1.54, 1.807) is 16.8 Å². The summed E-state index contributed by atoms with van der Waals surface area (Å²) in [5.41, 5.74) is 0.472. The Labute approximate surface area is 120 Å². The molecular weight excluding hydrogens is 276 g/mol. The fourth-order valence-electron chi connectivity index (χ4n) is 2.35. The van der Waals surface area contributed by atoms with Gasteiger partial charge in [0.05, 0.1) is 19.3 Å². The number of rotatable bonds is 5. The lowest BCUT2D eigenvalue weighted by atomic mass is 10.2. The van der Waals surface area contributed by atoms with Crippen molar-refractivity contribution >= 4 is 17.6 Å². The monoisotopic (exact) mass is 292 g/mol. The van der Waals surface area contributed by atoms with E-state index in [2.05, 4.69) is 15.3 Å². The van der Waals surface area contributed by atoms with Gasteiger partial charge in [0.2, 0.25) is 5.95 Å². The van der Waals surface area contributed by atoms with E-state index in [9.17, 15) is 4.79 Å².